The lowest BCUT2D eigenvalue weighted by Gasteiger charge is -2.07. The molecule has 0 atom stereocenters. The zero-order chi connectivity index (χ0) is 13.7. The molecular weight excluding hydrogens is 242 g/mol. The SMILES string of the molecule is CC(C)c1ccc(OCc2nnn(CCN)n2)cc1. The molecule has 6 nitrogen and oxygen atoms in total. The fraction of sp³-hybridized carbons (Fsp3) is 0.462. The standard InChI is InChI=1S/C13H19N5O/c1-10(2)11-3-5-12(6-4-11)19-9-13-15-17-18(16-13)8-7-14/h3-6,10H,7-9,14H2,1-2H3. The smallest absolute Gasteiger partial charge is 0.212 e. The van der Waals surface area contributed by atoms with Gasteiger partial charge in [-0.1, -0.05) is 26.0 Å². The normalized spacial score (nSPS) is 10.9. The summed E-state index contributed by atoms with van der Waals surface area (Å²) in [6.07, 6.45) is 0. The van der Waals surface area contributed by atoms with E-state index < -0.39 is 0 Å². The number of hydrogen-bond donors (Lipinski definition) is 1. The summed E-state index contributed by atoms with van der Waals surface area (Å²) in [6.45, 7) is 5.69. The summed E-state index contributed by atoms with van der Waals surface area (Å²) in [7, 11) is 0. The molecule has 0 saturated carbocycles. The van der Waals surface area contributed by atoms with Gasteiger partial charge in [0.2, 0.25) is 5.82 Å². The van der Waals surface area contributed by atoms with E-state index in [1.54, 1.807) is 0 Å². The molecule has 1 aromatic heterocycles. The zero-order valence-electron chi connectivity index (χ0n) is 11.3. The number of rotatable bonds is 6. The second-order valence-electron chi connectivity index (χ2n) is 4.60. The van der Waals surface area contributed by atoms with Gasteiger partial charge >= 0.3 is 0 Å². The maximum Gasteiger partial charge on any atom is 0.212 e. The molecule has 0 fully saturated rings. The minimum atomic E-state index is 0.311. The zero-order valence-corrected chi connectivity index (χ0v) is 11.3. The summed E-state index contributed by atoms with van der Waals surface area (Å²) >= 11 is 0. The van der Waals surface area contributed by atoms with Gasteiger partial charge < -0.3 is 10.5 Å². The summed E-state index contributed by atoms with van der Waals surface area (Å²) in [5, 5.41) is 11.9. The molecule has 2 N–H and O–H groups in total. The minimum Gasteiger partial charge on any atom is -0.485 e. The molecule has 0 amide bonds. The second-order valence-corrected chi connectivity index (χ2v) is 4.60. The summed E-state index contributed by atoms with van der Waals surface area (Å²) < 4.78 is 5.61. The first-order valence-electron chi connectivity index (χ1n) is 6.38. The van der Waals surface area contributed by atoms with Crippen LogP contribution in [0.3, 0.4) is 0 Å². The molecule has 0 aliphatic carbocycles. The van der Waals surface area contributed by atoms with Crippen LogP contribution < -0.4 is 10.5 Å². The fourth-order valence-corrected chi connectivity index (χ4v) is 1.64. The van der Waals surface area contributed by atoms with E-state index >= 15 is 0 Å². The topological polar surface area (TPSA) is 78.9 Å². The molecule has 102 valence electrons. The van der Waals surface area contributed by atoms with Gasteiger partial charge in [-0.05, 0) is 28.8 Å². The molecule has 1 heterocycles. The van der Waals surface area contributed by atoms with E-state index in [4.69, 9.17) is 10.5 Å². The Morgan fingerprint density at radius 3 is 2.63 bits per heavy atom. The Hall–Kier alpha value is -1.95. The molecule has 0 aliphatic rings. The largest absolute Gasteiger partial charge is 0.485 e. The number of hydrogen-bond acceptors (Lipinski definition) is 5. The molecule has 6 heteroatoms. The number of ether oxygens (including phenoxy) is 1. The lowest BCUT2D eigenvalue weighted by molar-refractivity contribution is 0.295. The minimum absolute atomic E-state index is 0.311. The van der Waals surface area contributed by atoms with Crippen LogP contribution in [0.15, 0.2) is 24.3 Å². The second kappa shape index (κ2) is 6.29. The number of aromatic nitrogens is 4. The lowest BCUT2D eigenvalue weighted by Crippen LogP contribution is -2.12. The van der Waals surface area contributed by atoms with Crippen molar-refractivity contribution in [2.75, 3.05) is 6.54 Å². The molecule has 0 radical (unpaired) electrons. The molecule has 0 aliphatic heterocycles. The van der Waals surface area contributed by atoms with Crippen LogP contribution in [0.25, 0.3) is 0 Å². The van der Waals surface area contributed by atoms with Crippen molar-refractivity contribution in [2.45, 2.75) is 32.9 Å². The maximum atomic E-state index is 5.61. The van der Waals surface area contributed by atoms with Gasteiger partial charge in [-0.25, -0.2) is 0 Å². The van der Waals surface area contributed by atoms with E-state index in [-0.39, 0.29) is 0 Å². The summed E-state index contributed by atoms with van der Waals surface area (Å²) in [5.74, 6) is 1.88. The van der Waals surface area contributed by atoms with Crippen LogP contribution in [-0.4, -0.2) is 26.8 Å². The van der Waals surface area contributed by atoms with Crippen LogP contribution in [-0.2, 0) is 13.2 Å². The average Bonchev–Trinajstić information content (AvgIpc) is 2.85. The van der Waals surface area contributed by atoms with E-state index in [0.717, 1.165) is 5.75 Å². The lowest BCUT2D eigenvalue weighted by atomic mass is 10.0. The van der Waals surface area contributed by atoms with Crippen LogP contribution in [0, 0.1) is 0 Å². The molecule has 2 rings (SSSR count). The van der Waals surface area contributed by atoms with Crippen molar-refractivity contribution < 1.29 is 4.74 Å². The molecular formula is C13H19N5O. The Labute approximate surface area is 112 Å². The summed E-state index contributed by atoms with van der Waals surface area (Å²) in [6, 6.07) is 8.05. The highest BCUT2D eigenvalue weighted by Crippen LogP contribution is 2.18. The van der Waals surface area contributed by atoms with Gasteiger partial charge in [0.25, 0.3) is 0 Å². The summed E-state index contributed by atoms with van der Waals surface area (Å²) in [4.78, 5) is 1.47. The Morgan fingerprint density at radius 1 is 1.26 bits per heavy atom. The van der Waals surface area contributed by atoms with Gasteiger partial charge in [0.1, 0.15) is 5.75 Å². The Morgan fingerprint density at radius 2 is 2.00 bits per heavy atom. The van der Waals surface area contributed by atoms with Crippen molar-refractivity contribution in [2.24, 2.45) is 5.73 Å². The molecule has 2 aromatic rings. The Bertz CT molecular complexity index is 506. The first-order valence-corrected chi connectivity index (χ1v) is 6.38. The Balaban J connectivity index is 1.90. The fourth-order valence-electron chi connectivity index (χ4n) is 1.64. The van der Waals surface area contributed by atoms with E-state index in [1.807, 2.05) is 12.1 Å². The number of nitrogens with zero attached hydrogens (tertiary/aromatic N) is 4. The van der Waals surface area contributed by atoms with E-state index in [9.17, 15) is 0 Å². The number of nitrogens with two attached hydrogens (primary N) is 1. The van der Waals surface area contributed by atoms with Crippen LogP contribution in [0.1, 0.15) is 31.2 Å². The number of tetrazole rings is 1. The van der Waals surface area contributed by atoms with Gasteiger partial charge in [0.05, 0.1) is 6.54 Å². The van der Waals surface area contributed by atoms with Crippen LogP contribution >= 0.6 is 0 Å². The van der Waals surface area contributed by atoms with E-state index in [2.05, 4.69) is 41.4 Å². The molecule has 0 saturated heterocycles. The van der Waals surface area contributed by atoms with Crippen molar-refractivity contribution in [1.82, 2.24) is 20.2 Å². The van der Waals surface area contributed by atoms with Crippen molar-refractivity contribution in [3.05, 3.63) is 35.7 Å². The highest BCUT2D eigenvalue weighted by molar-refractivity contribution is 5.28. The van der Waals surface area contributed by atoms with Gasteiger partial charge in [0.15, 0.2) is 6.61 Å². The highest BCUT2D eigenvalue weighted by Gasteiger charge is 2.04. The van der Waals surface area contributed by atoms with E-state index in [1.165, 1.54) is 10.4 Å². The first kappa shape index (κ1) is 13.5. The van der Waals surface area contributed by atoms with Crippen LogP contribution in [0.5, 0.6) is 5.75 Å². The summed E-state index contributed by atoms with van der Waals surface area (Å²) in [5.41, 5.74) is 6.70. The molecule has 19 heavy (non-hydrogen) atoms. The van der Waals surface area contributed by atoms with Gasteiger partial charge in [-0.2, -0.15) is 4.80 Å². The van der Waals surface area contributed by atoms with Crippen molar-refractivity contribution in [1.29, 1.82) is 0 Å². The molecule has 0 bridgehead atoms. The predicted octanol–water partition coefficient (Wildman–Crippen LogP) is 1.33. The monoisotopic (exact) mass is 261 g/mol. The first-order chi connectivity index (χ1) is 9.19. The van der Waals surface area contributed by atoms with Gasteiger partial charge in [0, 0.05) is 6.54 Å². The predicted molar refractivity (Wildman–Crippen MR) is 71.7 cm³/mol. The number of benzene rings is 1. The third kappa shape index (κ3) is 3.75. The van der Waals surface area contributed by atoms with Crippen LogP contribution in [0.2, 0.25) is 0 Å². The van der Waals surface area contributed by atoms with Crippen molar-refractivity contribution in [3.8, 4) is 5.75 Å². The molecule has 1 aromatic carbocycles. The molecule has 0 spiro atoms. The Kier molecular flexibility index (Phi) is 4.46. The van der Waals surface area contributed by atoms with E-state index in [0.29, 0.717) is 31.4 Å². The van der Waals surface area contributed by atoms with Gasteiger partial charge in [-0.3, -0.25) is 0 Å². The van der Waals surface area contributed by atoms with Gasteiger partial charge in [-0.15, -0.1) is 10.2 Å². The maximum absolute atomic E-state index is 5.61. The van der Waals surface area contributed by atoms with Crippen LogP contribution in [0.4, 0.5) is 0 Å². The third-order valence-corrected chi connectivity index (χ3v) is 2.74. The van der Waals surface area contributed by atoms with Crippen molar-refractivity contribution >= 4 is 0 Å². The average molecular weight is 261 g/mol. The quantitative estimate of drug-likeness (QED) is 0.848. The molecule has 0 unspecified atom stereocenters. The highest BCUT2D eigenvalue weighted by atomic mass is 16.5. The van der Waals surface area contributed by atoms with Crippen molar-refractivity contribution in [3.63, 3.8) is 0 Å². The third-order valence-electron chi connectivity index (χ3n) is 2.74.